The third-order valence-corrected chi connectivity index (χ3v) is 6.06. The molecule has 33 heavy (non-hydrogen) atoms. The molecular formula is C27H30O5S. The predicted octanol–water partition coefficient (Wildman–Crippen LogP) is 4.39. The van der Waals surface area contributed by atoms with Gasteiger partial charge in [-0.05, 0) is 16.7 Å². The summed E-state index contributed by atoms with van der Waals surface area (Å²) in [4.78, 5) is 0. The fraction of sp³-hybridized carbons (Fsp3) is 0.333. The van der Waals surface area contributed by atoms with Crippen LogP contribution in [0.2, 0.25) is 0 Å². The van der Waals surface area contributed by atoms with E-state index in [1.54, 1.807) is 0 Å². The molecule has 1 heterocycles. The Hall–Kier alpha value is -2.19. The van der Waals surface area contributed by atoms with E-state index in [1.165, 1.54) is 0 Å². The van der Waals surface area contributed by atoms with Crippen molar-refractivity contribution in [3.63, 3.8) is 0 Å². The highest BCUT2D eigenvalue weighted by Gasteiger charge is 2.47. The molecule has 1 fully saturated rings. The largest absolute Gasteiger partial charge is 0.394 e. The molecule has 1 saturated heterocycles. The van der Waals surface area contributed by atoms with E-state index in [2.05, 4.69) is 12.6 Å². The van der Waals surface area contributed by atoms with E-state index < -0.39 is 29.9 Å². The van der Waals surface area contributed by atoms with Crippen molar-refractivity contribution in [2.45, 2.75) is 49.7 Å². The highest BCUT2D eigenvalue weighted by molar-refractivity contribution is 7.80. The van der Waals surface area contributed by atoms with Crippen molar-refractivity contribution in [1.82, 2.24) is 0 Å². The lowest BCUT2D eigenvalue weighted by atomic mass is 9.99. The molecular weight excluding hydrogens is 436 g/mol. The van der Waals surface area contributed by atoms with Gasteiger partial charge in [-0.2, -0.15) is 0 Å². The molecule has 1 N–H and O–H groups in total. The van der Waals surface area contributed by atoms with Gasteiger partial charge < -0.3 is 24.1 Å². The zero-order chi connectivity index (χ0) is 22.9. The summed E-state index contributed by atoms with van der Waals surface area (Å²) in [6, 6.07) is 29.8. The minimum Gasteiger partial charge on any atom is -0.394 e. The Morgan fingerprint density at radius 1 is 0.606 bits per heavy atom. The molecule has 0 unspecified atom stereocenters. The second kappa shape index (κ2) is 12.3. The zero-order valence-corrected chi connectivity index (χ0v) is 19.3. The van der Waals surface area contributed by atoms with Crippen LogP contribution in [0.1, 0.15) is 16.7 Å². The predicted molar refractivity (Wildman–Crippen MR) is 130 cm³/mol. The number of ether oxygens (including phenoxy) is 4. The Morgan fingerprint density at radius 3 is 1.42 bits per heavy atom. The molecule has 5 atom stereocenters. The van der Waals surface area contributed by atoms with Gasteiger partial charge in [-0.25, -0.2) is 0 Å². The molecule has 1 aliphatic rings. The zero-order valence-electron chi connectivity index (χ0n) is 18.4. The molecule has 3 aromatic carbocycles. The van der Waals surface area contributed by atoms with Crippen molar-refractivity contribution >= 4 is 12.6 Å². The lowest BCUT2D eigenvalue weighted by Crippen LogP contribution is -2.59. The monoisotopic (exact) mass is 466 g/mol. The van der Waals surface area contributed by atoms with Gasteiger partial charge in [-0.15, -0.1) is 12.6 Å². The first-order chi connectivity index (χ1) is 16.2. The van der Waals surface area contributed by atoms with Crippen LogP contribution in [0.15, 0.2) is 91.0 Å². The molecule has 6 heteroatoms. The van der Waals surface area contributed by atoms with E-state index >= 15 is 0 Å². The normalized spacial score (nSPS) is 25.1. The lowest BCUT2D eigenvalue weighted by Gasteiger charge is -2.44. The van der Waals surface area contributed by atoms with Gasteiger partial charge in [0, 0.05) is 0 Å². The topological polar surface area (TPSA) is 57.2 Å². The molecule has 0 saturated carbocycles. The smallest absolute Gasteiger partial charge is 0.129 e. The molecule has 0 bridgehead atoms. The molecule has 0 aromatic heterocycles. The number of aliphatic hydroxyl groups is 1. The number of aliphatic hydroxyl groups excluding tert-OH is 1. The molecule has 5 nitrogen and oxygen atoms in total. The van der Waals surface area contributed by atoms with Gasteiger partial charge in [0.1, 0.15) is 29.9 Å². The van der Waals surface area contributed by atoms with Crippen LogP contribution < -0.4 is 0 Å². The summed E-state index contributed by atoms with van der Waals surface area (Å²) < 4.78 is 24.9. The first kappa shape index (κ1) is 24.0. The third-order valence-electron chi connectivity index (χ3n) is 5.65. The van der Waals surface area contributed by atoms with Crippen LogP contribution >= 0.6 is 12.6 Å². The Labute approximate surface area is 200 Å². The number of rotatable bonds is 10. The first-order valence-corrected chi connectivity index (χ1v) is 11.7. The fourth-order valence-corrected chi connectivity index (χ4v) is 4.32. The second-order valence-electron chi connectivity index (χ2n) is 8.03. The van der Waals surface area contributed by atoms with E-state index in [9.17, 15) is 5.11 Å². The Balaban J connectivity index is 1.53. The molecule has 0 spiro atoms. The van der Waals surface area contributed by atoms with Crippen LogP contribution in [0.25, 0.3) is 0 Å². The minimum atomic E-state index is -0.575. The van der Waals surface area contributed by atoms with Gasteiger partial charge in [0.15, 0.2) is 0 Å². The molecule has 3 aromatic rings. The maximum Gasteiger partial charge on any atom is 0.129 e. The number of hydrogen-bond donors (Lipinski definition) is 2. The SMILES string of the molecule is OC[C@H]1O[C@H](S)[C@H](OCc2ccccc2)[C@@H](OCc2ccccc2)[C@H]1OCc1ccccc1. The maximum absolute atomic E-state index is 10.0. The van der Waals surface area contributed by atoms with Crippen molar-refractivity contribution in [1.29, 1.82) is 0 Å². The number of hydrogen-bond acceptors (Lipinski definition) is 6. The Morgan fingerprint density at radius 2 is 1.00 bits per heavy atom. The van der Waals surface area contributed by atoms with E-state index in [0.29, 0.717) is 19.8 Å². The van der Waals surface area contributed by atoms with Crippen molar-refractivity contribution in [3.05, 3.63) is 108 Å². The standard InChI is InChI=1S/C27H30O5S/c28-16-23-24(29-17-20-10-4-1-5-11-20)25(30-18-21-12-6-2-7-13-21)26(27(33)32-23)31-19-22-14-8-3-9-15-22/h1-15,23-28,33H,16-19H2/t23-,24+,25+,26-,27-/m1/s1. The van der Waals surface area contributed by atoms with Gasteiger partial charge in [0.25, 0.3) is 0 Å². The third kappa shape index (κ3) is 6.67. The summed E-state index contributed by atoms with van der Waals surface area (Å²) in [6.07, 6.45) is -2.07. The van der Waals surface area contributed by atoms with Gasteiger partial charge >= 0.3 is 0 Å². The average molecular weight is 467 g/mol. The van der Waals surface area contributed by atoms with E-state index in [1.807, 2.05) is 91.0 Å². The summed E-state index contributed by atoms with van der Waals surface area (Å²) in [6.45, 7) is 0.958. The summed E-state index contributed by atoms with van der Waals surface area (Å²) >= 11 is 4.64. The van der Waals surface area contributed by atoms with Gasteiger partial charge in [0.05, 0.1) is 26.4 Å². The van der Waals surface area contributed by atoms with Crippen molar-refractivity contribution in [2.75, 3.05) is 6.61 Å². The summed E-state index contributed by atoms with van der Waals surface area (Å²) in [5.41, 5.74) is 2.56. The van der Waals surface area contributed by atoms with Gasteiger partial charge in [0.2, 0.25) is 0 Å². The van der Waals surface area contributed by atoms with Crippen LogP contribution in [0.3, 0.4) is 0 Å². The first-order valence-electron chi connectivity index (χ1n) is 11.2. The van der Waals surface area contributed by atoms with E-state index in [-0.39, 0.29) is 6.61 Å². The van der Waals surface area contributed by atoms with E-state index in [0.717, 1.165) is 16.7 Å². The molecule has 174 valence electrons. The highest BCUT2D eigenvalue weighted by Crippen LogP contribution is 2.31. The van der Waals surface area contributed by atoms with Gasteiger partial charge in [-0.1, -0.05) is 91.0 Å². The van der Waals surface area contributed by atoms with Crippen LogP contribution in [-0.2, 0) is 38.8 Å². The molecule has 0 radical (unpaired) electrons. The summed E-state index contributed by atoms with van der Waals surface area (Å²) in [5, 5.41) is 10.0. The van der Waals surface area contributed by atoms with E-state index in [4.69, 9.17) is 18.9 Å². The van der Waals surface area contributed by atoms with Crippen LogP contribution in [0, 0.1) is 0 Å². The molecule has 0 amide bonds. The maximum atomic E-state index is 10.0. The van der Waals surface area contributed by atoms with Crippen molar-refractivity contribution in [3.8, 4) is 0 Å². The Bertz CT molecular complexity index is 941. The number of benzene rings is 3. The molecule has 1 aliphatic heterocycles. The Kier molecular flexibility index (Phi) is 8.94. The summed E-state index contributed by atoms with van der Waals surface area (Å²) in [5.74, 6) is 0. The van der Waals surface area contributed by atoms with Crippen LogP contribution in [-0.4, -0.2) is 41.6 Å². The average Bonchev–Trinajstić information content (AvgIpc) is 2.87. The number of thiol groups is 1. The minimum absolute atomic E-state index is 0.201. The quantitative estimate of drug-likeness (QED) is 0.434. The second-order valence-corrected chi connectivity index (χ2v) is 8.54. The molecule has 4 rings (SSSR count). The van der Waals surface area contributed by atoms with Crippen molar-refractivity contribution < 1.29 is 24.1 Å². The molecule has 0 aliphatic carbocycles. The summed E-state index contributed by atoms with van der Waals surface area (Å²) in [7, 11) is 0. The fourth-order valence-electron chi connectivity index (χ4n) is 3.91. The van der Waals surface area contributed by atoms with Crippen LogP contribution in [0.4, 0.5) is 0 Å². The van der Waals surface area contributed by atoms with Gasteiger partial charge in [-0.3, -0.25) is 0 Å². The van der Waals surface area contributed by atoms with Crippen molar-refractivity contribution in [2.24, 2.45) is 0 Å². The van der Waals surface area contributed by atoms with Crippen LogP contribution in [0.5, 0.6) is 0 Å². The highest BCUT2D eigenvalue weighted by atomic mass is 32.1. The lowest BCUT2D eigenvalue weighted by molar-refractivity contribution is -0.251.